The van der Waals surface area contributed by atoms with Crippen LogP contribution in [0.25, 0.3) is 0 Å². The van der Waals surface area contributed by atoms with E-state index in [0.717, 1.165) is 10.5 Å². The van der Waals surface area contributed by atoms with Gasteiger partial charge in [0.1, 0.15) is 11.9 Å². The zero-order chi connectivity index (χ0) is 22.1. The first-order valence-electron chi connectivity index (χ1n) is 9.32. The zero-order valence-corrected chi connectivity index (χ0v) is 17.5. The van der Waals surface area contributed by atoms with Gasteiger partial charge in [-0.2, -0.15) is 0 Å². The molecule has 3 amide bonds. The number of amides is 3. The number of nitrogens with one attached hydrogen (secondary N) is 1. The number of hydrogen-bond donors (Lipinski definition) is 1. The molecule has 1 N–H and O–H groups in total. The predicted molar refractivity (Wildman–Crippen MR) is 116 cm³/mol. The molecule has 1 unspecified atom stereocenters. The summed E-state index contributed by atoms with van der Waals surface area (Å²) in [5.74, 6) is -2.29. The molecule has 8 heteroatoms. The van der Waals surface area contributed by atoms with Crippen molar-refractivity contribution in [1.29, 1.82) is 0 Å². The van der Waals surface area contributed by atoms with Gasteiger partial charge in [0.05, 0.1) is 21.2 Å². The number of halogens is 3. The lowest BCUT2D eigenvalue weighted by Gasteiger charge is -2.25. The maximum absolute atomic E-state index is 13.2. The van der Waals surface area contributed by atoms with E-state index in [0.29, 0.717) is 5.69 Å². The van der Waals surface area contributed by atoms with Crippen molar-refractivity contribution in [2.45, 2.75) is 12.5 Å². The van der Waals surface area contributed by atoms with Gasteiger partial charge in [0.15, 0.2) is 0 Å². The van der Waals surface area contributed by atoms with E-state index in [1.54, 1.807) is 24.3 Å². The van der Waals surface area contributed by atoms with E-state index in [2.05, 4.69) is 5.32 Å². The molecule has 31 heavy (non-hydrogen) atoms. The number of benzene rings is 3. The van der Waals surface area contributed by atoms with Gasteiger partial charge in [-0.3, -0.25) is 19.3 Å². The molecule has 1 aliphatic rings. The molecule has 0 saturated heterocycles. The monoisotopic (exact) mass is 456 g/mol. The van der Waals surface area contributed by atoms with E-state index in [-0.39, 0.29) is 27.6 Å². The summed E-state index contributed by atoms with van der Waals surface area (Å²) in [7, 11) is 0. The van der Waals surface area contributed by atoms with Crippen molar-refractivity contribution in [2.24, 2.45) is 0 Å². The van der Waals surface area contributed by atoms with Crippen LogP contribution in [0.15, 0.2) is 66.7 Å². The van der Waals surface area contributed by atoms with Gasteiger partial charge in [-0.25, -0.2) is 4.39 Å². The van der Waals surface area contributed by atoms with E-state index in [1.165, 1.54) is 36.4 Å². The van der Waals surface area contributed by atoms with Gasteiger partial charge in [-0.15, -0.1) is 0 Å². The summed E-state index contributed by atoms with van der Waals surface area (Å²) in [6, 6.07) is 15.7. The highest BCUT2D eigenvalue weighted by molar-refractivity contribution is 6.43. The zero-order valence-electron chi connectivity index (χ0n) is 15.9. The lowest BCUT2D eigenvalue weighted by atomic mass is 10.0. The van der Waals surface area contributed by atoms with E-state index >= 15 is 0 Å². The highest BCUT2D eigenvalue weighted by Crippen LogP contribution is 2.33. The molecule has 4 rings (SSSR count). The van der Waals surface area contributed by atoms with Crippen molar-refractivity contribution in [3.05, 3.63) is 99.3 Å². The minimum absolute atomic E-state index is 0.0899. The molecule has 1 aliphatic heterocycles. The van der Waals surface area contributed by atoms with Crippen molar-refractivity contribution in [3.8, 4) is 0 Å². The predicted octanol–water partition coefficient (Wildman–Crippen LogP) is 4.98. The second-order valence-electron chi connectivity index (χ2n) is 6.99. The number of rotatable bonds is 5. The smallest absolute Gasteiger partial charge is 0.262 e. The molecule has 0 spiro atoms. The van der Waals surface area contributed by atoms with Crippen LogP contribution in [0.4, 0.5) is 10.1 Å². The molecule has 0 bridgehead atoms. The Balaban J connectivity index is 1.70. The van der Waals surface area contributed by atoms with Crippen LogP contribution in [0, 0.1) is 5.82 Å². The Morgan fingerprint density at radius 3 is 2.00 bits per heavy atom. The molecule has 0 aromatic heterocycles. The molecule has 0 saturated carbocycles. The standard InChI is InChI=1S/C23H15Cl2FN2O3/c24-18-11-16-17(12-19(18)25)23(31)28(22(16)30)20(10-13-4-2-1-3-5-13)21(29)27-15-8-6-14(26)7-9-15/h1-9,11-12,20H,10H2,(H,27,29). The minimum atomic E-state index is -1.14. The number of carbonyl (C=O) groups excluding carboxylic acids is 3. The van der Waals surface area contributed by atoms with Crippen molar-refractivity contribution in [3.63, 3.8) is 0 Å². The summed E-state index contributed by atoms with van der Waals surface area (Å²) in [5, 5.41) is 2.93. The molecule has 0 radical (unpaired) electrons. The molecule has 3 aromatic carbocycles. The summed E-state index contributed by atoms with van der Waals surface area (Å²) in [4.78, 5) is 40.2. The molecular formula is C23H15Cl2FN2O3. The molecule has 0 aliphatic carbocycles. The Kier molecular flexibility index (Phi) is 5.76. The normalized spacial score (nSPS) is 13.8. The Bertz CT molecular complexity index is 1140. The van der Waals surface area contributed by atoms with Crippen LogP contribution in [0.2, 0.25) is 10.0 Å². The molecule has 1 atom stereocenters. The van der Waals surface area contributed by atoms with Gasteiger partial charge < -0.3 is 5.32 Å². The second kappa shape index (κ2) is 8.49. The Morgan fingerprint density at radius 2 is 1.45 bits per heavy atom. The number of imide groups is 1. The van der Waals surface area contributed by atoms with Crippen molar-refractivity contribution in [1.82, 2.24) is 4.90 Å². The second-order valence-corrected chi connectivity index (χ2v) is 7.81. The summed E-state index contributed by atoms with van der Waals surface area (Å²) < 4.78 is 13.2. The van der Waals surface area contributed by atoms with E-state index in [4.69, 9.17) is 23.2 Å². The average molecular weight is 457 g/mol. The Hall–Kier alpha value is -3.22. The minimum Gasteiger partial charge on any atom is -0.324 e. The van der Waals surface area contributed by atoms with Crippen molar-refractivity contribution in [2.75, 3.05) is 5.32 Å². The molecular weight excluding hydrogens is 442 g/mol. The van der Waals surface area contributed by atoms with Gasteiger partial charge in [-0.05, 0) is 42.0 Å². The summed E-state index contributed by atoms with van der Waals surface area (Å²) in [6.45, 7) is 0. The van der Waals surface area contributed by atoms with Gasteiger partial charge in [0.25, 0.3) is 11.8 Å². The van der Waals surface area contributed by atoms with E-state index in [9.17, 15) is 18.8 Å². The number of fused-ring (bicyclic) bond motifs is 1. The number of nitrogens with zero attached hydrogens (tertiary/aromatic N) is 1. The first-order chi connectivity index (χ1) is 14.8. The maximum Gasteiger partial charge on any atom is 0.262 e. The summed E-state index contributed by atoms with van der Waals surface area (Å²) in [5.41, 5.74) is 1.28. The fourth-order valence-electron chi connectivity index (χ4n) is 3.43. The van der Waals surface area contributed by atoms with Crippen LogP contribution in [-0.2, 0) is 11.2 Å². The van der Waals surface area contributed by atoms with Crippen LogP contribution in [0.1, 0.15) is 26.3 Å². The molecule has 1 heterocycles. The fraction of sp³-hybridized carbons (Fsp3) is 0.0870. The third kappa shape index (κ3) is 4.17. The molecule has 156 valence electrons. The van der Waals surface area contributed by atoms with Crippen LogP contribution < -0.4 is 5.32 Å². The SMILES string of the molecule is O=C(Nc1ccc(F)cc1)C(Cc1ccccc1)N1C(=O)c2cc(Cl)c(Cl)cc2C1=O. The first-order valence-corrected chi connectivity index (χ1v) is 10.1. The lowest BCUT2D eigenvalue weighted by molar-refractivity contribution is -0.119. The van der Waals surface area contributed by atoms with Crippen molar-refractivity contribution >= 4 is 46.6 Å². The quantitative estimate of drug-likeness (QED) is 0.550. The van der Waals surface area contributed by atoms with Crippen LogP contribution in [-0.4, -0.2) is 28.7 Å². The third-order valence-corrected chi connectivity index (χ3v) is 5.68. The highest BCUT2D eigenvalue weighted by Gasteiger charge is 2.43. The molecule has 5 nitrogen and oxygen atoms in total. The van der Waals surface area contributed by atoms with Crippen LogP contribution in [0.3, 0.4) is 0 Å². The largest absolute Gasteiger partial charge is 0.324 e. The number of carbonyl (C=O) groups is 3. The molecule has 0 fully saturated rings. The number of hydrogen-bond acceptors (Lipinski definition) is 3. The van der Waals surface area contributed by atoms with E-state index < -0.39 is 29.6 Å². The van der Waals surface area contributed by atoms with Crippen LogP contribution in [0.5, 0.6) is 0 Å². The summed E-state index contributed by atoms with van der Waals surface area (Å²) >= 11 is 12.0. The van der Waals surface area contributed by atoms with E-state index in [1.807, 2.05) is 6.07 Å². The van der Waals surface area contributed by atoms with Crippen molar-refractivity contribution < 1.29 is 18.8 Å². The maximum atomic E-state index is 13.2. The summed E-state index contributed by atoms with van der Waals surface area (Å²) in [6.07, 6.45) is 0.0980. The van der Waals surface area contributed by atoms with Gasteiger partial charge in [0.2, 0.25) is 5.91 Å². The van der Waals surface area contributed by atoms with Gasteiger partial charge in [-0.1, -0.05) is 53.5 Å². The Labute approximate surface area is 187 Å². The van der Waals surface area contributed by atoms with Gasteiger partial charge in [0, 0.05) is 12.1 Å². The topological polar surface area (TPSA) is 66.5 Å². The Morgan fingerprint density at radius 1 is 0.903 bits per heavy atom. The highest BCUT2D eigenvalue weighted by atomic mass is 35.5. The average Bonchev–Trinajstić information content (AvgIpc) is 2.99. The lowest BCUT2D eigenvalue weighted by Crippen LogP contribution is -2.48. The van der Waals surface area contributed by atoms with Crippen LogP contribution >= 0.6 is 23.2 Å². The first kappa shape index (κ1) is 21.0. The van der Waals surface area contributed by atoms with Gasteiger partial charge >= 0.3 is 0 Å². The fourth-order valence-corrected chi connectivity index (χ4v) is 3.76. The molecule has 3 aromatic rings. The third-order valence-electron chi connectivity index (χ3n) is 4.96. The number of anilines is 1.